The molecule has 1 fully saturated rings. The number of nitrogens with zero attached hydrogens (tertiary/aromatic N) is 1. The molecule has 4 nitrogen and oxygen atoms in total. The number of amides is 1. The third kappa shape index (κ3) is 3.88. The van der Waals surface area contributed by atoms with Gasteiger partial charge in [0.25, 0.3) is 5.91 Å². The molecule has 1 aromatic heterocycles. The van der Waals surface area contributed by atoms with Gasteiger partial charge in [-0.25, -0.2) is 0 Å². The smallest absolute Gasteiger partial charge is 0.266 e. The Labute approximate surface area is 140 Å². The Bertz CT molecular complexity index is 582. The molecule has 0 aliphatic carbocycles. The highest BCUT2D eigenvalue weighted by molar-refractivity contribution is 8.26. The maximum Gasteiger partial charge on any atom is 0.266 e. The van der Waals surface area contributed by atoms with Gasteiger partial charge in [0.15, 0.2) is 0 Å². The Balaban J connectivity index is 2.22. The van der Waals surface area contributed by atoms with Gasteiger partial charge in [0, 0.05) is 4.88 Å². The molecule has 2 rings (SSSR count). The van der Waals surface area contributed by atoms with Crippen LogP contribution in [0.2, 0.25) is 0 Å². The number of aliphatic carboxylic acids is 1. The molecule has 0 aromatic carbocycles. The Morgan fingerprint density at radius 2 is 2.38 bits per heavy atom. The highest BCUT2D eigenvalue weighted by atomic mass is 32.2. The summed E-state index contributed by atoms with van der Waals surface area (Å²) in [5, 5.41) is 13.2. The van der Waals surface area contributed by atoms with E-state index in [0.717, 1.165) is 16.6 Å². The van der Waals surface area contributed by atoms with Crippen LogP contribution in [0, 0.1) is 0 Å². The van der Waals surface area contributed by atoms with Crippen LogP contribution in [-0.4, -0.2) is 39.1 Å². The molecular formula is C13H12NO3S4-. The van der Waals surface area contributed by atoms with Gasteiger partial charge in [-0.2, -0.15) is 11.8 Å². The molecule has 2 heterocycles. The minimum atomic E-state index is -1.27. The lowest BCUT2D eigenvalue weighted by Gasteiger charge is -2.27. The molecule has 0 saturated carbocycles. The number of hydrogen-bond acceptors (Lipinski definition) is 7. The molecule has 0 unspecified atom stereocenters. The summed E-state index contributed by atoms with van der Waals surface area (Å²) in [5.41, 5.74) is 0. The van der Waals surface area contributed by atoms with E-state index >= 15 is 0 Å². The van der Waals surface area contributed by atoms with Gasteiger partial charge >= 0.3 is 0 Å². The third-order valence-electron chi connectivity index (χ3n) is 2.82. The zero-order valence-corrected chi connectivity index (χ0v) is 14.4. The molecule has 0 spiro atoms. The fraction of sp³-hybridized carbons (Fsp3) is 0.308. The second-order valence-corrected chi connectivity index (χ2v) is 7.82. The van der Waals surface area contributed by atoms with Crippen LogP contribution in [0.1, 0.15) is 11.3 Å². The van der Waals surface area contributed by atoms with E-state index < -0.39 is 12.0 Å². The summed E-state index contributed by atoms with van der Waals surface area (Å²) in [7, 11) is 0. The second kappa shape index (κ2) is 7.44. The van der Waals surface area contributed by atoms with E-state index in [2.05, 4.69) is 0 Å². The summed E-state index contributed by atoms with van der Waals surface area (Å²) in [5.74, 6) is -0.994. The molecule has 1 aliphatic heterocycles. The Morgan fingerprint density at radius 3 is 2.95 bits per heavy atom. The van der Waals surface area contributed by atoms with E-state index in [-0.39, 0.29) is 10.2 Å². The number of carboxylic acid groups (broad SMARTS) is 1. The number of thioether (sulfide) groups is 2. The largest absolute Gasteiger partial charge is 0.548 e. The van der Waals surface area contributed by atoms with Gasteiger partial charge in [0.1, 0.15) is 4.32 Å². The normalized spacial score (nSPS) is 18.5. The molecule has 1 atom stereocenters. The maximum atomic E-state index is 12.4. The number of thiophene rings is 1. The number of carbonyl (C=O) groups excluding carboxylic acids is 2. The van der Waals surface area contributed by atoms with Crippen LogP contribution in [0.25, 0.3) is 6.08 Å². The molecule has 112 valence electrons. The first kappa shape index (κ1) is 16.5. The Hall–Kier alpha value is -0.830. The third-order valence-corrected chi connectivity index (χ3v) is 5.61. The Morgan fingerprint density at radius 1 is 1.62 bits per heavy atom. The van der Waals surface area contributed by atoms with Gasteiger partial charge in [-0.1, -0.05) is 30.0 Å². The van der Waals surface area contributed by atoms with Crippen molar-refractivity contribution in [3.63, 3.8) is 0 Å². The topological polar surface area (TPSA) is 60.4 Å². The summed E-state index contributed by atoms with van der Waals surface area (Å²) in [6.45, 7) is 0. The quantitative estimate of drug-likeness (QED) is 0.571. The van der Waals surface area contributed by atoms with Crippen LogP contribution in [0.15, 0.2) is 22.4 Å². The SMILES string of the molecule is CSCC[C@@H](C(=O)[O-])N1C(=O)/C(=C\c2cccs2)SC1=S. The Kier molecular flexibility index (Phi) is 5.86. The van der Waals surface area contributed by atoms with E-state index in [0.29, 0.717) is 17.1 Å². The van der Waals surface area contributed by atoms with Gasteiger partial charge in [-0.15, -0.1) is 11.3 Å². The summed E-state index contributed by atoms with van der Waals surface area (Å²) < 4.78 is 0.276. The van der Waals surface area contributed by atoms with Crippen LogP contribution in [-0.2, 0) is 9.59 Å². The number of carboxylic acids is 1. The van der Waals surface area contributed by atoms with Gasteiger partial charge in [0.2, 0.25) is 0 Å². The molecule has 1 aromatic rings. The lowest BCUT2D eigenvalue weighted by Crippen LogP contribution is -2.50. The summed E-state index contributed by atoms with van der Waals surface area (Å²) in [6, 6.07) is 2.78. The van der Waals surface area contributed by atoms with Crippen molar-refractivity contribution in [2.75, 3.05) is 12.0 Å². The zero-order chi connectivity index (χ0) is 15.4. The first-order valence-corrected chi connectivity index (χ1v) is 9.54. The molecule has 1 aliphatic rings. The van der Waals surface area contributed by atoms with Crippen molar-refractivity contribution in [1.29, 1.82) is 0 Å². The van der Waals surface area contributed by atoms with Gasteiger partial charge in [-0.05, 0) is 36.0 Å². The summed E-state index contributed by atoms with van der Waals surface area (Å²) in [6.07, 6.45) is 3.94. The van der Waals surface area contributed by atoms with E-state index in [9.17, 15) is 14.7 Å². The molecule has 0 bridgehead atoms. The molecule has 8 heteroatoms. The lowest BCUT2D eigenvalue weighted by atomic mass is 10.2. The molecule has 0 radical (unpaired) electrons. The van der Waals surface area contributed by atoms with Crippen LogP contribution >= 0.6 is 47.1 Å². The lowest BCUT2D eigenvalue weighted by molar-refractivity contribution is -0.310. The predicted octanol–water partition coefficient (Wildman–Crippen LogP) is 1.82. The minimum Gasteiger partial charge on any atom is -0.548 e. The number of hydrogen-bond donors (Lipinski definition) is 0. The highest BCUT2D eigenvalue weighted by Gasteiger charge is 2.37. The van der Waals surface area contributed by atoms with Gasteiger partial charge < -0.3 is 9.90 Å². The number of thiocarbonyl (C=S) groups is 1. The van der Waals surface area contributed by atoms with Crippen molar-refractivity contribution < 1.29 is 14.7 Å². The second-order valence-electron chi connectivity index (χ2n) is 4.18. The standard InChI is InChI=1S/C13H13NO3S4/c1-19-6-4-9(12(16)17)14-11(15)10(21-13(14)18)7-8-3-2-5-20-8/h2-3,5,7,9H,4,6H2,1H3,(H,16,17)/p-1/b10-7+/t9-/m0/s1. The molecule has 21 heavy (non-hydrogen) atoms. The van der Waals surface area contributed by atoms with E-state index in [4.69, 9.17) is 12.2 Å². The van der Waals surface area contributed by atoms with Crippen LogP contribution in [0.5, 0.6) is 0 Å². The maximum absolute atomic E-state index is 12.4. The monoisotopic (exact) mass is 358 g/mol. The van der Waals surface area contributed by atoms with E-state index in [1.807, 2.05) is 23.8 Å². The van der Waals surface area contributed by atoms with E-state index in [1.54, 1.807) is 6.08 Å². The van der Waals surface area contributed by atoms with Gasteiger partial charge in [-0.3, -0.25) is 9.69 Å². The van der Waals surface area contributed by atoms with Crippen molar-refractivity contribution >= 4 is 69.4 Å². The summed E-state index contributed by atoms with van der Waals surface area (Å²) >= 11 is 9.33. The van der Waals surface area contributed by atoms with Gasteiger partial charge in [0.05, 0.1) is 16.9 Å². The molecule has 0 N–H and O–H groups in total. The first-order chi connectivity index (χ1) is 10.0. The zero-order valence-electron chi connectivity index (χ0n) is 11.1. The number of rotatable bonds is 6. The average Bonchev–Trinajstić information content (AvgIpc) is 3.02. The molecule has 1 saturated heterocycles. The van der Waals surface area contributed by atoms with Crippen molar-refractivity contribution in [1.82, 2.24) is 4.90 Å². The van der Waals surface area contributed by atoms with Crippen molar-refractivity contribution in [3.8, 4) is 0 Å². The molecule has 1 amide bonds. The first-order valence-electron chi connectivity index (χ1n) is 6.05. The fourth-order valence-corrected chi connectivity index (χ4v) is 4.37. The van der Waals surface area contributed by atoms with Crippen molar-refractivity contribution in [2.24, 2.45) is 0 Å². The average molecular weight is 359 g/mol. The van der Waals surface area contributed by atoms with Crippen LogP contribution < -0.4 is 5.11 Å². The summed E-state index contributed by atoms with van der Waals surface area (Å²) in [4.78, 5) is 26.3. The molecular weight excluding hydrogens is 346 g/mol. The fourth-order valence-electron chi connectivity index (χ4n) is 1.83. The van der Waals surface area contributed by atoms with Crippen molar-refractivity contribution in [2.45, 2.75) is 12.5 Å². The van der Waals surface area contributed by atoms with E-state index in [1.165, 1.54) is 28.0 Å². The van der Waals surface area contributed by atoms with Crippen LogP contribution in [0.4, 0.5) is 0 Å². The van der Waals surface area contributed by atoms with Crippen LogP contribution in [0.3, 0.4) is 0 Å². The minimum absolute atomic E-state index is 0.276. The highest BCUT2D eigenvalue weighted by Crippen LogP contribution is 2.35. The van der Waals surface area contributed by atoms with Crippen molar-refractivity contribution in [3.05, 3.63) is 27.3 Å². The number of carbonyl (C=O) groups is 2. The predicted molar refractivity (Wildman–Crippen MR) is 91.1 cm³/mol.